The molecule has 22 heavy (non-hydrogen) atoms. The molecule has 0 aliphatic carbocycles. The molecule has 0 unspecified atom stereocenters. The van der Waals surface area contributed by atoms with Crippen molar-refractivity contribution in [2.45, 2.75) is 13.8 Å². The van der Waals surface area contributed by atoms with Gasteiger partial charge in [-0.05, 0) is 53.0 Å². The number of benzene rings is 2. The number of rotatable bonds is 4. The lowest BCUT2D eigenvalue weighted by Gasteiger charge is -2.04. The van der Waals surface area contributed by atoms with E-state index in [1.807, 2.05) is 68.5 Å². The van der Waals surface area contributed by atoms with Crippen LogP contribution in [0.4, 0.5) is 0 Å². The Labute approximate surface area is 138 Å². The fourth-order valence-corrected chi connectivity index (χ4v) is 2.39. The van der Waals surface area contributed by atoms with Gasteiger partial charge in [0.1, 0.15) is 0 Å². The number of halogens is 1. The van der Waals surface area contributed by atoms with E-state index in [1.165, 1.54) is 0 Å². The Hall–Kier alpha value is -2.20. The van der Waals surface area contributed by atoms with E-state index in [-0.39, 0.29) is 5.91 Å². The van der Waals surface area contributed by atoms with Crippen molar-refractivity contribution < 1.29 is 4.79 Å². The first-order valence-corrected chi connectivity index (χ1v) is 7.68. The molecule has 0 saturated carbocycles. The molecule has 2 aromatic carbocycles. The minimum atomic E-state index is -0.214. The Kier molecular flexibility index (Phi) is 5.67. The van der Waals surface area contributed by atoms with Crippen molar-refractivity contribution in [1.82, 2.24) is 5.43 Å². The van der Waals surface area contributed by atoms with Gasteiger partial charge in [-0.3, -0.25) is 4.79 Å². The Morgan fingerprint density at radius 3 is 2.55 bits per heavy atom. The highest BCUT2D eigenvalue weighted by molar-refractivity contribution is 9.12. The molecule has 0 radical (unpaired) electrons. The highest BCUT2D eigenvalue weighted by atomic mass is 79.9. The number of nitrogens with zero attached hydrogens (tertiary/aromatic N) is 1. The number of carbonyl (C=O) groups is 1. The summed E-state index contributed by atoms with van der Waals surface area (Å²) in [6, 6.07) is 15.6. The molecule has 0 bridgehead atoms. The van der Waals surface area contributed by atoms with Gasteiger partial charge in [-0.25, -0.2) is 5.43 Å². The van der Waals surface area contributed by atoms with Gasteiger partial charge in [0.25, 0.3) is 5.91 Å². The molecule has 0 saturated heterocycles. The third kappa shape index (κ3) is 4.67. The molecule has 2 rings (SSSR count). The van der Waals surface area contributed by atoms with Gasteiger partial charge in [-0.2, -0.15) is 5.10 Å². The summed E-state index contributed by atoms with van der Waals surface area (Å²) in [6.07, 6.45) is 3.49. The number of hydrogen-bond donors (Lipinski definition) is 1. The molecule has 0 heterocycles. The van der Waals surface area contributed by atoms with Crippen molar-refractivity contribution in [3.8, 4) is 0 Å². The number of aryl methyl sites for hydroxylation is 2. The van der Waals surface area contributed by atoms with E-state index in [0.717, 1.165) is 21.2 Å². The van der Waals surface area contributed by atoms with Crippen LogP contribution in [0.3, 0.4) is 0 Å². The Morgan fingerprint density at radius 1 is 1.14 bits per heavy atom. The third-order valence-electron chi connectivity index (χ3n) is 3.08. The van der Waals surface area contributed by atoms with Gasteiger partial charge in [0.05, 0.1) is 6.21 Å². The van der Waals surface area contributed by atoms with Crippen LogP contribution in [0.15, 0.2) is 58.1 Å². The van der Waals surface area contributed by atoms with Crippen LogP contribution in [0.2, 0.25) is 0 Å². The molecule has 0 aliphatic heterocycles. The van der Waals surface area contributed by atoms with Crippen LogP contribution in [-0.2, 0) is 0 Å². The number of hydrazone groups is 1. The number of carbonyl (C=O) groups excluding carboxylic acids is 1. The molecular weight excluding hydrogens is 340 g/mol. The smallest absolute Gasteiger partial charge is 0.267 e. The van der Waals surface area contributed by atoms with Crippen molar-refractivity contribution in [2.75, 3.05) is 0 Å². The first-order chi connectivity index (χ1) is 10.6. The van der Waals surface area contributed by atoms with E-state index in [4.69, 9.17) is 0 Å². The van der Waals surface area contributed by atoms with Gasteiger partial charge in [0, 0.05) is 10.0 Å². The van der Waals surface area contributed by atoms with Gasteiger partial charge < -0.3 is 0 Å². The summed E-state index contributed by atoms with van der Waals surface area (Å²) in [5.74, 6) is -0.214. The van der Waals surface area contributed by atoms with Crippen molar-refractivity contribution in [3.63, 3.8) is 0 Å². The maximum absolute atomic E-state index is 12.1. The average Bonchev–Trinajstić information content (AvgIpc) is 2.48. The summed E-state index contributed by atoms with van der Waals surface area (Å²) in [5, 5.41) is 3.97. The standard InChI is InChI=1S/C18H17BrN2O/c1-13-8-9-17(14(2)10-13)18(22)21-20-12-16(19)11-15-6-4-3-5-7-15/h3-12H,1-2H3,(H,21,22)/b16-11?,20-12+. The second-order valence-corrected chi connectivity index (χ2v) is 5.87. The van der Waals surface area contributed by atoms with Gasteiger partial charge in [0.2, 0.25) is 0 Å². The zero-order valence-corrected chi connectivity index (χ0v) is 14.1. The number of hydrogen-bond acceptors (Lipinski definition) is 2. The molecule has 0 aliphatic rings. The Bertz CT molecular complexity index is 721. The molecule has 0 spiro atoms. The molecule has 1 N–H and O–H groups in total. The lowest BCUT2D eigenvalue weighted by atomic mass is 10.1. The molecule has 4 heteroatoms. The van der Waals surface area contributed by atoms with Gasteiger partial charge in [-0.15, -0.1) is 0 Å². The first kappa shape index (κ1) is 16.2. The quantitative estimate of drug-likeness (QED) is 0.637. The summed E-state index contributed by atoms with van der Waals surface area (Å²) >= 11 is 3.41. The average molecular weight is 357 g/mol. The largest absolute Gasteiger partial charge is 0.271 e. The third-order valence-corrected chi connectivity index (χ3v) is 3.52. The maximum Gasteiger partial charge on any atom is 0.271 e. The topological polar surface area (TPSA) is 41.5 Å². The number of amides is 1. The molecule has 112 valence electrons. The highest BCUT2D eigenvalue weighted by Crippen LogP contribution is 2.11. The van der Waals surface area contributed by atoms with E-state index in [2.05, 4.69) is 26.5 Å². The first-order valence-electron chi connectivity index (χ1n) is 6.89. The molecule has 0 atom stereocenters. The van der Waals surface area contributed by atoms with E-state index >= 15 is 0 Å². The summed E-state index contributed by atoms with van der Waals surface area (Å²) in [6.45, 7) is 3.91. The molecule has 2 aromatic rings. The maximum atomic E-state index is 12.1. The monoisotopic (exact) mass is 356 g/mol. The van der Waals surface area contributed by atoms with Gasteiger partial charge in [-0.1, -0.05) is 48.0 Å². The van der Waals surface area contributed by atoms with Crippen molar-refractivity contribution >= 4 is 34.1 Å². The van der Waals surface area contributed by atoms with Gasteiger partial charge in [0.15, 0.2) is 0 Å². The predicted octanol–water partition coefficient (Wildman–Crippen LogP) is 4.46. The van der Waals surface area contributed by atoms with Gasteiger partial charge >= 0.3 is 0 Å². The van der Waals surface area contributed by atoms with Crippen molar-refractivity contribution in [1.29, 1.82) is 0 Å². The van der Waals surface area contributed by atoms with Crippen LogP contribution >= 0.6 is 15.9 Å². The SMILES string of the molecule is Cc1ccc(C(=O)N/N=C/C(Br)=Cc2ccccc2)c(C)c1. The number of allylic oxidation sites excluding steroid dienone is 1. The predicted molar refractivity (Wildman–Crippen MR) is 95.2 cm³/mol. The van der Waals surface area contributed by atoms with Crippen molar-refractivity contribution in [2.24, 2.45) is 5.10 Å². The minimum absolute atomic E-state index is 0.214. The zero-order chi connectivity index (χ0) is 15.9. The fraction of sp³-hybridized carbons (Fsp3) is 0.111. The molecular formula is C18H17BrN2O. The van der Waals surface area contributed by atoms with E-state index in [0.29, 0.717) is 5.56 Å². The minimum Gasteiger partial charge on any atom is -0.267 e. The Morgan fingerprint density at radius 2 is 1.86 bits per heavy atom. The molecule has 1 amide bonds. The summed E-state index contributed by atoms with van der Waals surface area (Å²) in [5.41, 5.74) is 6.29. The summed E-state index contributed by atoms with van der Waals surface area (Å²) < 4.78 is 0.777. The molecule has 0 fully saturated rings. The van der Waals surface area contributed by atoms with Crippen LogP contribution in [0, 0.1) is 13.8 Å². The van der Waals surface area contributed by atoms with E-state index in [9.17, 15) is 4.79 Å². The van der Waals surface area contributed by atoms with E-state index in [1.54, 1.807) is 6.21 Å². The second-order valence-electron chi connectivity index (χ2n) is 4.96. The van der Waals surface area contributed by atoms with Crippen LogP contribution in [0.1, 0.15) is 27.0 Å². The number of nitrogens with one attached hydrogen (secondary N) is 1. The lowest BCUT2D eigenvalue weighted by Crippen LogP contribution is -2.18. The highest BCUT2D eigenvalue weighted by Gasteiger charge is 2.07. The van der Waals surface area contributed by atoms with Crippen LogP contribution in [-0.4, -0.2) is 12.1 Å². The second kappa shape index (κ2) is 7.71. The summed E-state index contributed by atoms with van der Waals surface area (Å²) in [7, 11) is 0. The molecule has 0 aromatic heterocycles. The normalized spacial score (nSPS) is 11.7. The lowest BCUT2D eigenvalue weighted by molar-refractivity contribution is 0.0954. The van der Waals surface area contributed by atoms with E-state index < -0.39 is 0 Å². The van der Waals surface area contributed by atoms with Crippen LogP contribution in [0.25, 0.3) is 6.08 Å². The van der Waals surface area contributed by atoms with Crippen LogP contribution in [0.5, 0.6) is 0 Å². The van der Waals surface area contributed by atoms with Crippen LogP contribution < -0.4 is 5.43 Å². The Balaban J connectivity index is 2.00. The fourth-order valence-electron chi connectivity index (χ4n) is 2.03. The molecule has 3 nitrogen and oxygen atoms in total. The zero-order valence-electron chi connectivity index (χ0n) is 12.5. The van der Waals surface area contributed by atoms with Crippen molar-refractivity contribution in [3.05, 3.63) is 75.3 Å². The summed E-state index contributed by atoms with van der Waals surface area (Å²) in [4.78, 5) is 12.1.